The van der Waals surface area contributed by atoms with Gasteiger partial charge < -0.3 is 10.1 Å². The highest BCUT2D eigenvalue weighted by Crippen LogP contribution is 2.22. The molecule has 0 atom stereocenters. The molecule has 1 aromatic carbocycles. The molecule has 0 saturated carbocycles. The van der Waals surface area contributed by atoms with Crippen LogP contribution in [-0.4, -0.2) is 43.0 Å². The summed E-state index contributed by atoms with van der Waals surface area (Å²) in [6.45, 7) is 4.02. The van der Waals surface area contributed by atoms with Crippen molar-refractivity contribution in [3.8, 4) is 0 Å². The minimum atomic E-state index is -0.359. The van der Waals surface area contributed by atoms with Crippen LogP contribution in [0.5, 0.6) is 0 Å². The van der Waals surface area contributed by atoms with Crippen molar-refractivity contribution < 1.29 is 14.3 Å². The molecule has 6 heteroatoms. The zero-order valence-electron chi connectivity index (χ0n) is 12.9. The number of methoxy groups -OCH3 is 1. The van der Waals surface area contributed by atoms with E-state index < -0.39 is 0 Å². The van der Waals surface area contributed by atoms with Gasteiger partial charge in [0.15, 0.2) is 0 Å². The Morgan fingerprint density at radius 2 is 2.05 bits per heavy atom. The first-order chi connectivity index (χ1) is 10.5. The predicted molar refractivity (Wildman–Crippen MR) is 84.9 cm³/mol. The summed E-state index contributed by atoms with van der Waals surface area (Å²) >= 11 is 6.23. The molecule has 0 aliphatic carbocycles. The Morgan fingerprint density at radius 1 is 1.36 bits per heavy atom. The molecular formula is C16H21ClN2O3. The molecule has 0 unspecified atom stereocenters. The number of rotatable bonds is 4. The number of carbonyl (C=O) groups excluding carboxylic acids is 2. The highest BCUT2D eigenvalue weighted by atomic mass is 35.5. The summed E-state index contributed by atoms with van der Waals surface area (Å²) in [6, 6.07) is 5.44. The van der Waals surface area contributed by atoms with Crippen LogP contribution in [0.4, 0.5) is 0 Å². The minimum Gasteiger partial charge on any atom is -0.465 e. The number of amides is 1. The Bertz CT molecular complexity index is 554. The normalized spacial score (nSPS) is 16.3. The third kappa shape index (κ3) is 4.45. The fourth-order valence-electron chi connectivity index (χ4n) is 2.70. The zero-order valence-corrected chi connectivity index (χ0v) is 13.7. The van der Waals surface area contributed by atoms with Crippen molar-refractivity contribution in [2.75, 3.05) is 20.2 Å². The molecular weight excluding hydrogens is 304 g/mol. The van der Waals surface area contributed by atoms with Crippen LogP contribution in [-0.2, 0) is 16.1 Å². The second kappa shape index (κ2) is 7.61. The van der Waals surface area contributed by atoms with Crippen molar-refractivity contribution in [2.45, 2.75) is 32.4 Å². The number of ether oxygens (including phenoxy) is 1. The van der Waals surface area contributed by atoms with Gasteiger partial charge in [0, 0.05) is 37.6 Å². The van der Waals surface area contributed by atoms with Gasteiger partial charge in [-0.1, -0.05) is 11.6 Å². The molecule has 5 nitrogen and oxygen atoms in total. The molecule has 1 saturated heterocycles. The lowest BCUT2D eigenvalue weighted by Crippen LogP contribution is -2.43. The third-order valence-corrected chi connectivity index (χ3v) is 4.22. The second-order valence-electron chi connectivity index (χ2n) is 5.55. The topological polar surface area (TPSA) is 58.6 Å². The number of hydrogen-bond acceptors (Lipinski definition) is 4. The van der Waals surface area contributed by atoms with Crippen molar-refractivity contribution in [3.05, 3.63) is 34.3 Å². The predicted octanol–water partition coefficient (Wildman–Crippen LogP) is 2.23. The van der Waals surface area contributed by atoms with Crippen LogP contribution in [0.1, 0.15) is 35.7 Å². The molecule has 0 radical (unpaired) electrons. The molecule has 1 aliphatic heterocycles. The summed E-state index contributed by atoms with van der Waals surface area (Å²) in [5.41, 5.74) is 1.43. The number of esters is 1. The van der Waals surface area contributed by atoms with Gasteiger partial charge in [-0.3, -0.25) is 9.69 Å². The molecule has 0 spiro atoms. The van der Waals surface area contributed by atoms with Crippen LogP contribution in [0.25, 0.3) is 0 Å². The van der Waals surface area contributed by atoms with Crippen molar-refractivity contribution in [3.63, 3.8) is 0 Å². The van der Waals surface area contributed by atoms with Crippen LogP contribution in [0.2, 0.25) is 5.02 Å². The highest BCUT2D eigenvalue weighted by molar-refractivity contribution is 6.31. The maximum absolute atomic E-state index is 11.6. The zero-order chi connectivity index (χ0) is 16.1. The first kappa shape index (κ1) is 16.8. The van der Waals surface area contributed by atoms with Gasteiger partial charge in [0.1, 0.15) is 0 Å². The molecule has 1 fully saturated rings. The number of nitrogens with one attached hydrogen (secondary N) is 1. The minimum absolute atomic E-state index is 0.0206. The van der Waals surface area contributed by atoms with Gasteiger partial charge >= 0.3 is 5.97 Å². The van der Waals surface area contributed by atoms with E-state index in [1.807, 2.05) is 0 Å². The van der Waals surface area contributed by atoms with Gasteiger partial charge in [-0.05, 0) is 36.6 Å². The monoisotopic (exact) mass is 324 g/mol. The summed E-state index contributed by atoms with van der Waals surface area (Å²) in [5.74, 6) is -0.338. The fraction of sp³-hybridized carbons (Fsp3) is 0.500. The molecule has 22 heavy (non-hydrogen) atoms. The van der Waals surface area contributed by atoms with E-state index in [1.165, 1.54) is 7.11 Å². The highest BCUT2D eigenvalue weighted by Gasteiger charge is 2.20. The molecule has 0 bridgehead atoms. The molecule has 1 amide bonds. The maximum Gasteiger partial charge on any atom is 0.337 e. The molecule has 0 aromatic heterocycles. The number of nitrogens with zero attached hydrogens (tertiary/aromatic N) is 1. The Hall–Kier alpha value is -1.59. The summed E-state index contributed by atoms with van der Waals surface area (Å²) in [6.07, 6.45) is 1.85. The van der Waals surface area contributed by atoms with Crippen LogP contribution in [0.15, 0.2) is 18.2 Å². The average molecular weight is 325 g/mol. The van der Waals surface area contributed by atoms with E-state index in [-0.39, 0.29) is 17.9 Å². The number of likely N-dealkylation sites (tertiary alicyclic amines) is 1. The summed E-state index contributed by atoms with van der Waals surface area (Å²) in [5, 5.41) is 3.61. The molecule has 1 aliphatic rings. The van der Waals surface area contributed by atoms with E-state index in [9.17, 15) is 9.59 Å². The SMILES string of the molecule is COC(=O)c1ccc(Cl)c(CN2CCC(NC(C)=O)CC2)c1. The van der Waals surface area contributed by atoms with E-state index in [2.05, 4.69) is 10.2 Å². The van der Waals surface area contributed by atoms with Crippen LogP contribution in [0, 0.1) is 0 Å². The van der Waals surface area contributed by atoms with Crippen molar-refractivity contribution >= 4 is 23.5 Å². The Morgan fingerprint density at radius 3 is 2.64 bits per heavy atom. The summed E-state index contributed by atoms with van der Waals surface area (Å²) < 4.78 is 4.74. The second-order valence-corrected chi connectivity index (χ2v) is 5.96. The first-order valence-corrected chi connectivity index (χ1v) is 7.73. The van der Waals surface area contributed by atoms with Crippen LogP contribution in [0.3, 0.4) is 0 Å². The fourth-order valence-corrected chi connectivity index (χ4v) is 2.88. The van der Waals surface area contributed by atoms with Crippen molar-refractivity contribution in [1.29, 1.82) is 0 Å². The quantitative estimate of drug-likeness (QED) is 0.863. The third-order valence-electron chi connectivity index (χ3n) is 3.86. The number of hydrogen-bond donors (Lipinski definition) is 1. The van der Waals surface area contributed by atoms with Gasteiger partial charge in [-0.2, -0.15) is 0 Å². The number of piperidine rings is 1. The van der Waals surface area contributed by atoms with Gasteiger partial charge in [0.2, 0.25) is 5.91 Å². The van der Waals surface area contributed by atoms with E-state index in [0.717, 1.165) is 31.5 Å². The number of benzene rings is 1. The van der Waals surface area contributed by atoms with Gasteiger partial charge in [0.25, 0.3) is 0 Å². The van der Waals surface area contributed by atoms with E-state index >= 15 is 0 Å². The van der Waals surface area contributed by atoms with Gasteiger partial charge in [0.05, 0.1) is 12.7 Å². The average Bonchev–Trinajstić information content (AvgIpc) is 2.50. The van der Waals surface area contributed by atoms with Crippen LogP contribution < -0.4 is 5.32 Å². The lowest BCUT2D eigenvalue weighted by atomic mass is 10.0. The smallest absolute Gasteiger partial charge is 0.337 e. The van der Waals surface area contributed by atoms with Gasteiger partial charge in [-0.25, -0.2) is 4.79 Å². The van der Waals surface area contributed by atoms with E-state index in [0.29, 0.717) is 17.1 Å². The lowest BCUT2D eigenvalue weighted by Gasteiger charge is -2.32. The largest absolute Gasteiger partial charge is 0.465 e. The molecule has 120 valence electrons. The molecule has 1 aromatic rings. The van der Waals surface area contributed by atoms with E-state index in [4.69, 9.17) is 16.3 Å². The maximum atomic E-state index is 11.6. The van der Waals surface area contributed by atoms with Gasteiger partial charge in [-0.15, -0.1) is 0 Å². The first-order valence-electron chi connectivity index (χ1n) is 7.36. The number of carbonyl (C=O) groups is 2. The van der Waals surface area contributed by atoms with Crippen molar-refractivity contribution in [1.82, 2.24) is 10.2 Å². The number of halogens is 1. The molecule has 2 rings (SSSR count). The lowest BCUT2D eigenvalue weighted by molar-refractivity contribution is -0.119. The van der Waals surface area contributed by atoms with Crippen molar-refractivity contribution in [2.24, 2.45) is 0 Å². The molecule has 1 heterocycles. The summed E-state index contributed by atoms with van der Waals surface area (Å²) in [4.78, 5) is 24.9. The Kier molecular flexibility index (Phi) is 5.80. The Labute approximate surface area is 135 Å². The summed E-state index contributed by atoms with van der Waals surface area (Å²) in [7, 11) is 1.36. The molecule has 1 N–H and O–H groups in total. The Balaban J connectivity index is 1.97. The van der Waals surface area contributed by atoms with Crippen LogP contribution >= 0.6 is 11.6 Å². The van der Waals surface area contributed by atoms with E-state index in [1.54, 1.807) is 25.1 Å². The standard InChI is InChI=1S/C16H21ClN2O3/c1-11(20)18-14-5-7-19(8-6-14)10-13-9-12(16(21)22-2)3-4-15(13)17/h3-4,9,14H,5-8,10H2,1-2H3,(H,18,20).